The van der Waals surface area contributed by atoms with Crippen molar-refractivity contribution >= 4 is 23.6 Å². The summed E-state index contributed by atoms with van der Waals surface area (Å²) in [6, 6.07) is 5.12. The van der Waals surface area contributed by atoms with E-state index in [4.69, 9.17) is 0 Å². The van der Waals surface area contributed by atoms with Gasteiger partial charge in [-0.1, -0.05) is 30.4 Å². The Bertz CT molecular complexity index is 904. The van der Waals surface area contributed by atoms with Crippen molar-refractivity contribution in [3.05, 3.63) is 47.8 Å². The fourth-order valence-electron chi connectivity index (χ4n) is 4.24. The van der Waals surface area contributed by atoms with Crippen LogP contribution in [0.5, 0.6) is 0 Å². The van der Waals surface area contributed by atoms with Crippen LogP contribution >= 0.6 is 0 Å². The summed E-state index contributed by atoms with van der Waals surface area (Å²) in [6.07, 6.45) is 4.76. The van der Waals surface area contributed by atoms with E-state index in [-0.39, 0.29) is 60.7 Å². The van der Waals surface area contributed by atoms with E-state index in [1.807, 2.05) is 26.0 Å². The van der Waals surface area contributed by atoms with E-state index in [0.717, 1.165) is 0 Å². The number of carbonyl (C=O) groups is 4. The Morgan fingerprint density at radius 1 is 1.09 bits per heavy atom. The minimum absolute atomic E-state index is 0.0458. The number of allylic oxidation sites excluding steroid dienone is 2. The molecule has 0 bridgehead atoms. The maximum Gasteiger partial charge on any atom is 0.242 e. The van der Waals surface area contributed by atoms with Gasteiger partial charge in [0.2, 0.25) is 23.6 Å². The van der Waals surface area contributed by atoms with Crippen molar-refractivity contribution in [2.75, 3.05) is 6.54 Å². The van der Waals surface area contributed by atoms with E-state index in [2.05, 4.69) is 5.32 Å². The number of benzene rings is 1. The molecule has 1 aromatic rings. The molecule has 0 spiro atoms. The second-order valence-electron chi connectivity index (χ2n) is 8.69. The van der Waals surface area contributed by atoms with Crippen LogP contribution in [0, 0.1) is 17.7 Å². The number of nitrogens with one attached hydrogen (secondary N) is 1. The zero-order valence-electron chi connectivity index (χ0n) is 18.7. The zero-order chi connectivity index (χ0) is 23.4. The number of fused-ring (bicyclic) bond motifs is 1. The lowest BCUT2D eigenvalue weighted by molar-refractivity contribution is -0.143. The van der Waals surface area contributed by atoms with Crippen LogP contribution in [0.4, 0.5) is 4.39 Å². The molecule has 8 heteroatoms. The predicted octanol–water partition coefficient (Wildman–Crippen LogP) is 2.41. The third-order valence-electron chi connectivity index (χ3n) is 6.04. The molecule has 0 saturated carbocycles. The maximum atomic E-state index is 14.3. The standard InChI is InChI=1S/C24H30FN3O4/c1-15(2)26-22(30)16(3)28(14-17-8-4-7-11-20(17)25)21(29)12-13-27-23(31)18-9-5-6-10-19(18)24(27)32/h4-8,11,15-16,18-19H,9-10,12-14H2,1-3H3,(H,26,30)/t16?,18-,19+. The minimum Gasteiger partial charge on any atom is -0.352 e. The van der Waals surface area contributed by atoms with Gasteiger partial charge in [-0.05, 0) is 39.7 Å². The van der Waals surface area contributed by atoms with E-state index in [1.54, 1.807) is 25.1 Å². The molecule has 1 fully saturated rings. The first-order chi connectivity index (χ1) is 15.2. The normalized spacial score (nSPS) is 21.0. The molecule has 1 unspecified atom stereocenters. The van der Waals surface area contributed by atoms with Gasteiger partial charge < -0.3 is 10.2 Å². The first-order valence-corrected chi connectivity index (χ1v) is 11.0. The Balaban J connectivity index is 1.73. The van der Waals surface area contributed by atoms with E-state index < -0.39 is 17.8 Å². The Labute approximate surface area is 187 Å². The molecule has 172 valence electrons. The number of halogens is 1. The molecule has 7 nitrogen and oxygen atoms in total. The molecular formula is C24H30FN3O4. The van der Waals surface area contributed by atoms with E-state index >= 15 is 0 Å². The van der Waals surface area contributed by atoms with Gasteiger partial charge in [0.25, 0.3) is 0 Å². The van der Waals surface area contributed by atoms with Gasteiger partial charge in [0, 0.05) is 31.1 Å². The van der Waals surface area contributed by atoms with Crippen molar-refractivity contribution in [1.82, 2.24) is 15.1 Å². The highest BCUT2D eigenvalue weighted by molar-refractivity contribution is 6.05. The quantitative estimate of drug-likeness (QED) is 0.494. The van der Waals surface area contributed by atoms with Crippen LogP contribution in [-0.2, 0) is 25.7 Å². The average molecular weight is 444 g/mol. The van der Waals surface area contributed by atoms with Gasteiger partial charge in [0.05, 0.1) is 11.8 Å². The first kappa shape index (κ1) is 23.6. The molecular weight excluding hydrogens is 413 g/mol. The Kier molecular flexibility index (Phi) is 7.43. The van der Waals surface area contributed by atoms with Crippen LogP contribution in [-0.4, -0.2) is 52.1 Å². The van der Waals surface area contributed by atoms with Crippen molar-refractivity contribution in [3.63, 3.8) is 0 Å². The van der Waals surface area contributed by atoms with Crippen LogP contribution in [0.3, 0.4) is 0 Å². The molecule has 1 aromatic carbocycles. The highest BCUT2D eigenvalue weighted by atomic mass is 19.1. The van der Waals surface area contributed by atoms with Gasteiger partial charge in [-0.15, -0.1) is 0 Å². The number of likely N-dealkylation sites (tertiary alicyclic amines) is 1. The third kappa shape index (κ3) is 5.06. The first-order valence-electron chi connectivity index (χ1n) is 11.0. The summed E-state index contributed by atoms with van der Waals surface area (Å²) in [5.41, 5.74) is 0.287. The van der Waals surface area contributed by atoms with Gasteiger partial charge in [-0.3, -0.25) is 24.1 Å². The monoisotopic (exact) mass is 443 g/mol. The second-order valence-corrected chi connectivity index (χ2v) is 8.69. The largest absolute Gasteiger partial charge is 0.352 e. The van der Waals surface area contributed by atoms with Crippen molar-refractivity contribution < 1.29 is 23.6 Å². The molecule has 1 aliphatic carbocycles. The fraction of sp³-hybridized carbons (Fsp3) is 0.500. The summed E-state index contributed by atoms with van der Waals surface area (Å²) in [7, 11) is 0. The smallest absolute Gasteiger partial charge is 0.242 e. The Hall–Kier alpha value is -3.03. The predicted molar refractivity (Wildman–Crippen MR) is 116 cm³/mol. The van der Waals surface area contributed by atoms with Crippen LogP contribution in [0.2, 0.25) is 0 Å². The van der Waals surface area contributed by atoms with Crippen molar-refractivity contribution in [2.24, 2.45) is 11.8 Å². The fourth-order valence-corrected chi connectivity index (χ4v) is 4.24. The zero-order valence-corrected chi connectivity index (χ0v) is 18.7. The van der Waals surface area contributed by atoms with Crippen molar-refractivity contribution in [1.29, 1.82) is 0 Å². The van der Waals surface area contributed by atoms with Gasteiger partial charge >= 0.3 is 0 Å². The molecule has 3 rings (SSSR count). The molecule has 1 saturated heterocycles. The number of nitrogens with zero attached hydrogens (tertiary/aromatic N) is 2. The molecule has 1 N–H and O–H groups in total. The third-order valence-corrected chi connectivity index (χ3v) is 6.04. The van der Waals surface area contributed by atoms with Crippen molar-refractivity contribution in [3.8, 4) is 0 Å². The Morgan fingerprint density at radius 3 is 2.25 bits per heavy atom. The summed E-state index contributed by atoms with van der Waals surface area (Å²) >= 11 is 0. The lowest BCUT2D eigenvalue weighted by atomic mass is 9.85. The summed E-state index contributed by atoms with van der Waals surface area (Å²) in [5, 5.41) is 2.77. The number of hydrogen-bond donors (Lipinski definition) is 1. The highest BCUT2D eigenvalue weighted by Crippen LogP contribution is 2.35. The highest BCUT2D eigenvalue weighted by Gasteiger charge is 2.47. The molecule has 32 heavy (non-hydrogen) atoms. The van der Waals surface area contributed by atoms with Crippen LogP contribution in [0.25, 0.3) is 0 Å². The topological polar surface area (TPSA) is 86.8 Å². The summed E-state index contributed by atoms with van der Waals surface area (Å²) < 4.78 is 14.3. The lowest BCUT2D eigenvalue weighted by Gasteiger charge is -2.30. The van der Waals surface area contributed by atoms with Crippen LogP contribution in [0.15, 0.2) is 36.4 Å². The molecule has 1 heterocycles. The average Bonchev–Trinajstić information content (AvgIpc) is 3.00. The van der Waals surface area contributed by atoms with Gasteiger partial charge in [-0.2, -0.15) is 0 Å². The SMILES string of the molecule is CC(C)NC(=O)C(C)N(Cc1ccccc1F)C(=O)CCN1C(=O)[C@H]2CC=CC[C@H]2C1=O. The minimum atomic E-state index is -0.846. The Morgan fingerprint density at radius 2 is 1.69 bits per heavy atom. The van der Waals surface area contributed by atoms with Crippen molar-refractivity contribution in [2.45, 2.75) is 58.7 Å². The molecule has 2 aliphatic rings. The maximum absolute atomic E-state index is 14.3. The molecule has 4 amide bonds. The number of imide groups is 1. The number of rotatable bonds is 8. The second kappa shape index (κ2) is 10.1. The lowest BCUT2D eigenvalue weighted by Crippen LogP contribution is -2.49. The van der Waals surface area contributed by atoms with E-state index in [0.29, 0.717) is 12.8 Å². The summed E-state index contributed by atoms with van der Waals surface area (Å²) in [4.78, 5) is 53.5. The molecule has 0 radical (unpaired) electrons. The number of carbonyl (C=O) groups excluding carboxylic acids is 4. The molecule has 1 aliphatic heterocycles. The number of amides is 4. The molecule has 0 aromatic heterocycles. The van der Waals surface area contributed by atoms with Gasteiger partial charge in [-0.25, -0.2) is 4.39 Å². The summed E-state index contributed by atoms with van der Waals surface area (Å²) in [6.45, 7) is 5.08. The van der Waals surface area contributed by atoms with Gasteiger partial charge in [0.15, 0.2) is 0 Å². The van der Waals surface area contributed by atoms with Crippen LogP contribution < -0.4 is 5.32 Å². The number of hydrogen-bond acceptors (Lipinski definition) is 4. The van der Waals surface area contributed by atoms with E-state index in [9.17, 15) is 23.6 Å². The van der Waals surface area contributed by atoms with Crippen LogP contribution in [0.1, 0.15) is 45.6 Å². The molecule has 3 atom stereocenters. The van der Waals surface area contributed by atoms with Gasteiger partial charge in [0.1, 0.15) is 11.9 Å². The van der Waals surface area contributed by atoms with E-state index in [1.165, 1.54) is 15.9 Å². The summed E-state index contributed by atoms with van der Waals surface area (Å²) in [5.74, 6) is -2.45.